The van der Waals surface area contributed by atoms with Crippen LogP contribution in [0.4, 0.5) is 5.69 Å². The summed E-state index contributed by atoms with van der Waals surface area (Å²) >= 11 is 0. The van der Waals surface area contributed by atoms with Crippen LogP contribution < -0.4 is 5.06 Å². The normalized spacial score (nSPS) is 23.4. The second-order valence-corrected chi connectivity index (χ2v) is 6.48. The van der Waals surface area contributed by atoms with Crippen molar-refractivity contribution in [3.05, 3.63) is 102 Å². The molecule has 0 amide bonds. The van der Waals surface area contributed by atoms with Crippen LogP contribution in [0.15, 0.2) is 91.0 Å². The molecule has 0 saturated carbocycles. The summed E-state index contributed by atoms with van der Waals surface area (Å²) in [6.45, 7) is 2.18. The Kier molecular flexibility index (Phi) is 3.83. The third-order valence-electron chi connectivity index (χ3n) is 4.75. The third-order valence-corrected chi connectivity index (χ3v) is 4.75. The first-order chi connectivity index (χ1) is 11.8. The second-order valence-electron chi connectivity index (χ2n) is 6.48. The zero-order chi connectivity index (χ0) is 16.4. The Hall–Kier alpha value is -2.58. The van der Waals surface area contributed by atoms with E-state index < -0.39 is 0 Å². The molecule has 4 rings (SSSR count). The number of benzene rings is 3. The summed E-state index contributed by atoms with van der Waals surface area (Å²) in [6.07, 6.45) is 0.913. The van der Waals surface area contributed by atoms with Crippen LogP contribution in [0.1, 0.15) is 30.5 Å². The van der Waals surface area contributed by atoms with E-state index in [0.717, 1.165) is 12.1 Å². The van der Waals surface area contributed by atoms with Crippen LogP contribution in [0.3, 0.4) is 0 Å². The number of para-hydroxylation sites is 1. The van der Waals surface area contributed by atoms with Crippen molar-refractivity contribution in [3.63, 3.8) is 0 Å². The number of hydrogen-bond acceptors (Lipinski definition) is 2. The summed E-state index contributed by atoms with van der Waals surface area (Å²) < 4.78 is 0. The average Bonchev–Trinajstić information content (AvgIpc) is 3.03. The molecule has 3 aromatic carbocycles. The maximum absolute atomic E-state index is 6.52. The lowest BCUT2D eigenvalue weighted by Crippen LogP contribution is -2.25. The first-order valence-corrected chi connectivity index (χ1v) is 8.40. The molecule has 3 aromatic rings. The minimum atomic E-state index is -0.336. The highest BCUT2D eigenvalue weighted by Gasteiger charge is 2.44. The van der Waals surface area contributed by atoms with Gasteiger partial charge < -0.3 is 0 Å². The quantitative estimate of drug-likeness (QED) is 0.634. The highest BCUT2D eigenvalue weighted by atomic mass is 16.7. The van der Waals surface area contributed by atoms with E-state index in [1.54, 1.807) is 0 Å². The minimum absolute atomic E-state index is 0.193. The van der Waals surface area contributed by atoms with E-state index in [1.165, 1.54) is 11.1 Å². The summed E-state index contributed by atoms with van der Waals surface area (Å²) in [5.74, 6) is 0. The standard InChI is InChI=1S/C22H21NO/c1-22(19-13-7-3-8-14-19)17-21(18-11-5-2-6-12-18)23(24-22)20-15-9-4-10-16-20/h2-16,21H,17H2,1H3. The number of rotatable bonds is 3. The van der Waals surface area contributed by atoms with Crippen LogP contribution in [0.2, 0.25) is 0 Å². The Labute approximate surface area is 143 Å². The SMILES string of the molecule is CC1(c2ccccc2)CC(c2ccccc2)N(c2ccccc2)O1. The molecule has 24 heavy (non-hydrogen) atoms. The van der Waals surface area contributed by atoms with Gasteiger partial charge in [-0.25, -0.2) is 5.06 Å². The summed E-state index contributed by atoms with van der Waals surface area (Å²) in [5, 5.41) is 2.07. The Morgan fingerprint density at radius 2 is 1.33 bits per heavy atom. The summed E-state index contributed by atoms with van der Waals surface area (Å²) in [6, 6.07) is 31.7. The predicted octanol–water partition coefficient (Wildman–Crippen LogP) is 5.49. The Bertz CT molecular complexity index is 738. The summed E-state index contributed by atoms with van der Waals surface area (Å²) in [7, 11) is 0. The second kappa shape index (κ2) is 6.14. The van der Waals surface area contributed by atoms with Crippen molar-refractivity contribution in [1.82, 2.24) is 0 Å². The third kappa shape index (κ3) is 2.70. The van der Waals surface area contributed by atoms with Gasteiger partial charge in [0, 0.05) is 6.42 Å². The van der Waals surface area contributed by atoms with Gasteiger partial charge in [-0.15, -0.1) is 0 Å². The molecule has 120 valence electrons. The number of anilines is 1. The molecule has 0 N–H and O–H groups in total. The van der Waals surface area contributed by atoms with Crippen molar-refractivity contribution in [2.75, 3.05) is 5.06 Å². The van der Waals surface area contributed by atoms with Crippen molar-refractivity contribution < 1.29 is 4.84 Å². The van der Waals surface area contributed by atoms with Gasteiger partial charge in [-0.2, -0.15) is 0 Å². The van der Waals surface area contributed by atoms with Crippen molar-refractivity contribution >= 4 is 5.69 Å². The predicted molar refractivity (Wildman–Crippen MR) is 97.6 cm³/mol. The molecular weight excluding hydrogens is 294 g/mol. The van der Waals surface area contributed by atoms with E-state index in [1.807, 2.05) is 12.1 Å². The number of hydroxylamine groups is 1. The fourth-order valence-corrected chi connectivity index (χ4v) is 3.47. The lowest BCUT2D eigenvalue weighted by molar-refractivity contribution is -0.00264. The molecule has 0 aliphatic carbocycles. The Morgan fingerprint density at radius 1 is 0.792 bits per heavy atom. The fourth-order valence-electron chi connectivity index (χ4n) is 3.47. The lowest BCUT2D eigenvalue weighted by atomic mass is 9.88. The van der Waals surface area contributed by atoms with E-state index in [2.05, 4.69) is 90.8 Å². The van der Waals surface area contributed by atoms with Gasteiger partial charge in [0.25, 0.3) is 0 Å². The Balaban J connectivity index is 1.76. The van der Waals surface area contributed by atoms with Crippen molar-refractivity contribution in [3.8, 4) is 0 Å². The molecule has 2 unspecified atom stereocenters. The fraction of sp³-hybridized carbons (Fsp3) is 0.182. The van der Waals surface area contributed by atoms with E-state index in [-0.39, 0.29) is 11.6 Å². The van der Waals surface area contributed by atoms with Crippen LogP contribution in [-0.4, -0.2) is 0 Å². The number of hydrogen-bond donors (Lipinski definition) is 0. The van der Waals surface area contributed by atoms with E-state index in [9.17, 15) is 0 Å². The lowest BCUT2D eigenvalue weighted by Gasteiger charge is -2.27. The highest BCUT2D eigenvalue weighted by Crippen LogP contribution is 2.47. The maximum atomic E-state index is 6.52. The molecule has 2 heteroatoms. The molecule has 0 bridgehead atoms. The monoisotopic (exact) mass is 315 g/mol. The molecule has 1 saturated heterocycles. The van der Waals surface area contributed by atoms with Crippen molar-refractivity contribution in [1.29, 1.82) is 0 Å². The molecule has 2 nitrogen and oxygen atoms in total. The Morgan fingerprint density at radius 3 is 1.96 bits per heavy atom. The van der Waals surface area contributed by atoms with Crippen LogP contribution >= 0.6 is 0 Å². The van der Waals surface area contributed by atoms with Gasteiger partial charge in [0.05, 0.1) is 11.7 Å². The molecule has 1 heterocycles. The first-order valence-electron chi connectivity index (χ1n) is 8.40. The van der Waals surface area contributed by atoms with Crippen LogP contribution in [-0.2, 0) is 10.4 Å². The largest absolute Gasteiger partial charge is 0.262 e. The van der Waals surface area contributed by atoms with Crippen molar-refractivity contribution in [2.45, 2.75) is 25.0 Å². The van der Waals surface area contributed by atoms with Gasteiger partial charge in [-0.1, -0.05) is 78.9 Å². The molecule has 1 fully saturated rings. The first kappa shape index (κ1) is 15.0. The summed E-state index contributed by atoms with van der Waals surface area (Å²) in [4.78, 5) is 6.52. The average molecular weight is 315 g/mol. The van der Waals surface area contributed by atoms with Crippen LogP contribution in [0.25, 0.3) is 0 Å². The van der Waals surface area contributed by atoms with Crippen LogP contribution in [0.5, 0.6) is 0 Å². The van der Waals surface area contributed by atoms with Crippen molar-refractivity contribution in [2.24, 2.45) is 0 Å². The summed E-state index contributed by atoms with van der Waals surface area (Å²) in [5.41, 5.74) is 3.24. The number of nitrogens with zero attached hydrogens (tertiary/aromatic N) is 1. The van der Waals surface area contributed by atoms with Gasteiger partial charge in [-0.3, -0.25) is 4.84 Å². The zero-order valence-corrected chi connectivity index (χ0v) is 13.8. The van der Waals surface area contributed by atoms with E-state index in [0.29, 0.717) is 0 Å². The van der Waals surface area contributed by atoms with E-state index in [4.69, 9.17) is 4.84 Å². The van der Waals surface area contributed by atoms with Gasteiger partial charge >= 0.3 is 0 Å². The molecule has 1 aliphatic rings. The van der Waals surface area contributed by atoms with Gasteiger partial charge in [0.15, 0.2) is 0 Å². The zero-order valence-electron chi connectivity index (χ0n) is 13.8. The molecule has 0 spiro atoms. The van der Waals surface area contributed by atoms with Crippen LogP contribution in [0, 0.1) is 0 Å². The molecular formula is C22H21NO. The molecule has 0 aromatic heterocycles. The topological polar surface area (TPSA) is 12.5 Å². The molecule has 2 atom stereocenters. The van der Waals surface area contributed by atoms with Gasteiger partial charge in [0.1, 0.15) is 5.60 Å². The minimum Gasteiger partial charge on any atom is -0.262 e. The van der Waals surface area contributed by atoms with Gasteiger partial charge in [0.2, 0.25) is 0 Å². The molecule has 0 radical (unpaired) electrons. The maximum Gasteiger partial charge on any atom is 0.121 e. The molecule has 1 aliphatic heterocycles. The highest BCUT2D eigenvalue weighted by molar-refractivity contribution is 5.48. The van der Waals surface area contributed by atoms with Gasteiger partial charge in [-0.05, 0) is 30.2 Å². The smallest absolute Gasteiger partial charge is 0.121 e. The van der Waals surface area contributed by atoms with E-state index >= 15 is 0 Å².